The molecule has 2 heterocycles. The monoisotopic (exact) mass is 374 g/mol. The second-order valence-electron chi connectivity index (χ2n) is 6.58. The van der Waals surface area contributed by atoms with Crippen LogP contribution < -0.4 is 0 Å². The standard InChI is InChI=1S/C19H26N4O2S/c1-3-22(4-2)18(24)16-10-12-21(13-11-16)14-23-19(26)25-17(20-23)15-8-6-5-7-9-15/h5-9,16H,3-4,10-14H2,1-2H3. The lowest BCUT2D eigenvalue weighted by molar-refractivity contribution is -0.136. The van der Waals surface area contributed by atoms with Crippen LogP contribution in [-0.2, 0) is 11.5 Å². The van der Waals surface area contributed by atoms with Crippen molar-refractivity contribution in [2.24, 2.45) is 5.92 Å². The summed E-state index contributed by atoms with van der Waals surface area (Å²) < 4.78 is 7.37. The molecule has 0 unspecified atom stereocenters. The van der Waals surface area contributed by atoms with E-state index in [-0.39, 0.29) is 5.92 Å². The van der Waals surface area contributed by atoms with E-state index >= 15 is 0 Å². The molecule has 6 nitrogen and oxygen atoms in total. The first-order valence-electron chi connectivity index (χ1n) is 9.26. The zero-order chi connectivity index (χ0) is 18.5. The zero-order valence-electron chi connectivity index (χ0n) is 15.4. The highest BCUT2D eigenvalue weighted by molar-refractivity contribution is 7.71. The molecule has 2 aromatic rings. The quantitative estimate of drug-likeness (QED) is 0.725. The summed E-state index contributed by atoms with van der Waals surface area (Å²) in [6.45, 7) is 7.97. The number of benzene rings is 1. The molecule has 1 saturated heterocycles. The molecule has 1 aromatic carbocycles. The van der Waals surface area contributed by atoms with Gasteiger partial charge in [-0.1, -0.05) is 18.2 Å². The molecule has 140 valence electrons. The van der Waals surface area contributed by atoms with E-state index in [0.717, 1.165) is 44.6 Å². The van der Waals surface area contributed by atoms with Gasteiger partial charge in [0.15, 0.2) is 0 Å². The first-order chi connectivity index (χ1) is 12.6. The summed E-state index contributed by atoms with van der Waals surface area (Å²) in [7, 11) is 0. The highest BCUT2D eigenvalue weighted by atomic mass is 32.1. The van der Waals surface area contributed by atoms with E-state index in [1.54, 1.807) is 4.68 Å². The van der Waals surface area contributed by atoms with Crippen LogP contribution in [0.2, 0.25) is 0 Å². The number of hydrogen-bond donors (Lipinski definition) is 0. The number of rotatable bonds is 6. The summed E-state index contributed by atoms with van der Waals surface area (Å²) in [5.74, 6) is 0.970. The Bertz CT molecular complexity index is 774. The molecule has 1 aliphatic rings. The molecule has 3 rings (SSSR count). The van der Waals surface area contributed by atoms with Crippen molar-refractivity contribution in [1.29, 1.82) is 0 Å². The topological polar surface area (TPSA) is 54.5 Å². The molecule has 0 bridgehead atoms. The van der Waals surface area contributed by atoms with E-state index in [1.165, 1.54) is 0 Å². The van der Waals surface area contributed by atoms with Gasteiger partial charge in [-0.2, -0.15) is 0 Å². The van der Waals surface area contributed by atoms with E-state index in [1.807, 2.05) is 49.1 Å². The van der Waals surface area contributed by atoms with Gasteiger partial charge >= 0.3 is 0 Å². The minimum Gasteiger partial charge on any atom is -0.409 e. The van der Waals surface area contributed by atoms with Crippen molar-refractivity contribution < 1.29 is 9.21 Å². The molecular weight excluding hydrogens is 348 g/mol. The van der Waals surface area contributed by atoms with Crippen molar-refractivity contribution in [3.63, 3.8) is 0 Å². The fourth-order valence-electron chi connectivity index (χ4n) is 3.40. The highest BCUT2D eigenvalue weighted by Crippen LogP contribution is 2.21. The third kappa shape index (κ3) is 4.22. The minimum absolute atomic E-state index is 0.135. The van der Waals surface area contributed by atoms with E-state index < -0.39 is 0 Å². The van der Waals surface area contributed by atoms with Crippen molar-refractivity contribution in [3.05, 3.63) is 35.2 Å². The van der Waals surface area contributed by atoms with E-state index in [9.17, 15) is 4.79 Å². The van der Waals surface area contributed by atoms with Crippen LogP contribution in [0.5, 0.6) is 0 Å². The molecule has 1 aliphatic heterocycles. The van der Waals surface area contributed by atoms with Crippen LogP contribution in [0, 0.1) is 10.8 Å². The summed E-state index contributed by atoms with van der Waals surface area (Å²) in [5.41, 5.74) is 0.917. The highest BCUT2D eigenvalue weighted by Gasteiger charge is 2.27. The molecular formula is C19H26N4O2S. The van der Waals surface area contributed by atoms with Crippen molar-refractivity contribution in [3.8, 4) is 11.5 Å². The van der Waals surface area contributed by atoms with Gasteiger partial charge in [0, 0.05) is 37.7 Å². The maximum Gasteiger partial charge on any atom is 0.288 e. The van der Waals surface area contributed by atoms with Crippen LogP contribution in [0.15, 0.2) is 34.7 Å². The Morgan fingerprint density at radius 2 is 1.88 bits per heavy atom. The lowest BCUT2D eigenvalue weighted by atomic mass is 9.95. The molecule has 1 amide bonds. The number of carbonyl (C=O) groups excluding carboxylic acids is 1. The maximum absolute atomic E-state index is 12.5. The lowest BCUT2D eigenvalue weighted by Crippen LogP contribution is -2.43. The van der Waals surface area contributed by atoms with Gasteiger partial charge < -0.3 is 9.32 Å². The number of carbonyl (C=O) groups is 1. The van der Waals surface area contributed by atoms with Gasteiger partial charge in [0.25, 0.3) is 4.84 Å². The average molecular weight is 375 g/mol. The van der Waals surface area contributed by atoms with E-state index in [4.69, 9.17) is 16.6 Å². The van der Waals surface area contributed by atoms with Gasteiger partial charge in [-0.25, -0.2) is 4.68 Å². The summed E-state index contributed by atoms with van der Waals surface area (Å²) >= 11 is 5.32. The molecule has 0 radical (unpaired) electrons. The van der Waals surface area contributed by atoms with Crippen LogP contribution in [-0.4, -0.2) is 51.7 Å². The third-order valence-corrected chi connectivity index (χ3v) is 5.27. The van der Waals surface area contributed by atoms with Gasteiger partial charge in [-0.15, -0.1) is 5.10 Å². The van der Waals surface area contributed by atoms with Crippen molar-refractivity contribution in [2.75, 3.05) is 26.2 Å². The predicted molar refractivity (Wildman–Crippen MR) is 103 cm³/mol. The van der Waals surface area contributed by atoms with Crippen molar-refractivity contribution in [2.45, 2.75) is 33.4 Å². The Hall–Kier alpha value is -1.99. The molecule has 1 fully saturated rings. The lowest BCUT2D eigenvalue weighted by Gasteiger charge is -2.33. The van der Waals surface area contributed by atoms with Gasteiger partial charge in [0.05, 0.1) is 6.67 Å². The number of likely N-dealkylation sites (tertiary alicyclic amines) is 1. The second-order valence-corrected chi connectivity index (χ2v) is 6.93. The SMILES string of the molecule is CCN(CC)C(=O)C1CCN(Cn2nc(-c3ccccc3)oc2=S)CC1. The third-order valence-electron chi connectivity index (χ3n) is 4.97. The van der Waals surface area contributed by atoms with Crippen molar-refractivity contribution in [1.82, 2.24) is 19.6 Å². The van der Waals surface area contributed by atoms with Crippen LogP contribution in [0.1, 0.15) is 26.7 Å². The summed E-state index contributed by atoms with van der Waals surface area (Å²) in [6, 6.07) is 9.76. The van der Waals surface area contributed by atoms with Crippen LogP contribution in [0.25, 0.3) is 11.5 Å². The minimum atomic E-state index is 0.135. The normalized spacial score (nSPS) is 15.9. The van der Waals surface area contributed by atoms with Gasteiger partial charge in [-0.3, -0.25) is 9.69 Å². The number of nitrogens with zero attached hydrogens (tertiary/aromatic N) is 4. The molecule has 0 spiro atoms. The second kappa shape index (κ2) is 8.60. The summed E-state index contributed by atoms with van der Waals surface area (Å²) in [6.07, 6.45) is 1.76. The number of hydrogen-bond acceptors (Lipinski definition) is 5. The molecule has 0 atom stereocenters. The van der Waals surface area contributed by atoms with Gasteiger partial charge in [0.1, 0.15) is 0 Å². The van der Waals surface area contributed by atoms with Gasteiger partial charge in [-0.05, 0) is 51.0 Å². The fourth-order valence-corrected chi connectivity index (χ4v) is 3.57. The van der Waals surface area contributed by atoms with Crippen LogP contribution in [0.3, 0.4) is 0 Å². The number of aromatic nitrogens is 2. The Kier molecular flexibility index (Phi) is 6.21. The molecule has 26 heavy (non-hydrogen) atoms. The van der Waals surface area contributed by atoms with E-state index in [2.05, 4.69) is 10.00 Å². The Morgan fingerprint density at radius 3 is 2.50 bits per heavy atom. The number of piperidine rings is 1. The Balaban J connectivity index is 1.59. The van der Waals surface area contributed by atoms with Crippen LogP contribution >= 0.6 is 12.2 Å². The fraction of sp³-hybridized carbons (Fsp3) is 0.526. The van der Waals surface area contributed by atoms with E-state index in [0.29, 0.717) is 23.3 Å². The predicted octanol–water partition coefficient (Wildman–Crippen LogP) is 3.41. The molecule has 7 heteroatoms. The first-order valence-corrected chi connectivity index (χ1v) is 9.67. The molecule has 1 aromatic heterocycles. The first kappa shape index (κ1) is 18.8. The maximum atomic E-state index is 12.5. The average Bonchev–Trinajstić information content (AvgIpc) is 3.04. The zero-order valence-corrected chi connectivity index (χ0v) is 16.2. The molecule has 0 saturated carbocycles. The summed E-state index contributed by atoms with van der Waals surface area (Å²) in [5, 5.41) is 4.51. The largest absolute Gasteiger partial charge is 0.409 e. The van der Waals surface area contributed by atoms with Crippen molar-refractivity contribution >= 4 is 18.1 Å². The number of amides is 1. The van der Waals surface area contributed by atoms with Gasteiger partial charge in [0.2, 0.25) is 11.8 Å². The Labute approximate surface area is 159 Å². The molecule has 0 aliphatic carbocycles. The molecule has 0 N–H and O–H groups in total. The van der Waals surface area contributed by atoms with Crippen LogP contribution in [0.4, 0.5) is 0 Å². The smallest absolute Gasteiger partial charge is 0.288 e. The Morgan fingerprint density at radius 1 is 1.23 bits per heavy atom. The summed E-state index contributed by atoms with van der Waals surface area (Å²) in [4.78, 5) is 17.1.